The lowest BCUT2D eigenvalue weighted by molar-refractivity contribution is -0.137. The largest absolute Gasteiger partial charge is 0.481 e. The normalized spacial score (nSPS) is 7.90. The molecule has 0 aromatic carbocycles. The van der Waals surface area contributed by atoms with Crippen molar-refractivity contribution in [2.75, 3.05) is 6.61 Å². The SMILES string of the molecule is NP.O=C(O)CCCOP. The van der Waals surface area contributed by atoms with Crippen molar-refractivity contribution in [1.82, 2.24) is 0 Å². The molecule has 2 atom stereocenters. The second-order valence-corrected chi connectivity index (χ2v) is 1.70. The molecular weight excluding hydrogens is 172 g/mol. The van der Waals surface area contributed by atoms with Crippen molar-refractivity contribution in [3.63, 3.8) is 0 Å². The zero-order valence-corrected chi connectivity index (χ0v) is 7.93. The Kier molecular flexibility index (Phi) is 15.4. The first-order valence-electron chi connectivity index (χ1n) is 2.64. The molecule has 0 aliphatic rings. The smallest absolute Gasteiger partial charge is 0.303 e. The van der Waals surface area contributed by atoms with Gasteiger partial charge >= 0.3 is 5.97 Å². The monoisotopic (exact) mass is 185 g/mol. The van der Waals surface area contributed by atoms with Crippen molar-refractivity contribution < 1.29 is 14.4 Å². The third kappa shape index (κ3) is 15.7. The van der Waals surface area contributed by atoms with Crippen LogP contribution >= 0.6 is 18.9 Å². The Balaban J connectivity index is 0. The fourth-order valence-electron chi connectivity index (χ4n) is 0.307. The maximum Gasteiger partial charge on any atom is 0.303 e. The van der Waals surface area contributed by atoms with Crippen molar-refractivity contribution in [2.45, 2.75) is 12.8 Å². The van der Waals surface area contributed by atoms with Gasteiger partial charge in [-0.05, 0) is 6.42 Å². The van der Waals surface area contributed by atoms with E-state index in [2.05, 4.69) is 19.5 Å². The fraction of sp³-hybridized carbons (Fsp3) is 0.750. The molecule has 0 spiro atoms. The number of aliphatic carboxylic acids is 1. The lowest BCUT2D eigenvalue weighted by Gasteiger charge is -1.91. The van der Waals surface area contributed by atoms with E-state index in [0.29, 0.717) is 13.0 Å². The topological polar surface area (TPSA) is 72.6 Å². The minimum absolute atomic E-state index is 0.189. The van der Waals surface area contributed by atoms with Crippen LogP contribution in [0.3, 0.4) is 0 Å². The van der Waals surface area contributed by atoms with Gasteiger partial charge in [-0.15, -0.1) is 0 Å². The van der Waals surface area contributed by atoms with Crippen LogP contribution in [0.1, 0.15) is 12.8 Å². The fourth-order valence-corrected chi connectivity index (χ4v) is 0.473. The quantitative estimate of drug-likeness (QED) is 0.491. The number of carbonyl (C=O) groups is 1. The molecule has 0 fully saturated rings. The molecule has 0 saturated carbocycles. The zero-order chi connectivity index (χ0) is 8.41. The number of hydrogen-bond acceptors (Lipinski definition) is 3. The minimum Gasteiger partial charge on any atom is -0.481 e. The van der Waals surface area contributed by atoms with Crippen LogP contribution in [0.5, 0.6) is 0 Å². The van der Waals surface area contributed by atoms with Crippen LogP contribution in [0.4, 0.5) is 0 Å². The molecule has 0 aromatic heterocycles. The molecule has 0 aliphatic heterocycles. The summed E-state index contributed by atoms with van der Waals surface area (Å²) >= 11 is 0. The summed E-state index contributed by atoms with van der Waals surface area (Å²) in [6.07, 6.45) is 0.771. The molecule has 4 nitrogen and oxygen atoms in total. The second-order valence-electron chi connectivity index (χ2n) is 1.37. The molecule has 0 heterocycles. The molecule has 0 bridgehead atoms. The lowest BCUT2D eigenvalue weighted by Crippen LogP contribution is -1.95. The molecule has 62 valence electrons. The third-order valence-electron chi connectivity index (χ3n) is 0.653. The molecule has 0 rings (SSSR count). The van der Waals surface area contributed by atoms with E-state index in [0.717, 1.165) is 0 Å². The summed E-state index contributed by atoms with van der Waals surface area (Å²) < 4.78 is 4.55. The molecule has 0 radical (unpaired) electrons. The maximum atomic E-state index is 9.81. The summed E-state index contributed by atoms with van der Waals surface area (Å²) in [6, 6.07) is 0. The average Bonchev–Trinajstić information content (AvgIpc) is 1.92. The molecule has 0 aromatic rings. The van der Waals surface area contributed by atoms with Crippen molar-refractivity contribution in [3.8, 4) is 0 Å². The van der Waals surface area contributed by atoms with E-state index in [1.807, 2.05) is 9.39 Å². The number of rotatable bonds is 4. The van der Waals surface area contributed by atoms with Gasteiger partial charge in [0.15, 0.2) is 0 Å². The van der Waals surface area contributed by atoms with Gasteiger partial charge in [-0.25, -0.2) is 0 Å². The summed E-state index contributed by atoms with van der Waals surface area (Å²) in [4.78, 5) is 9.81. The molecule has 2 unspecified atom stereocenters. The third-order valence-corrected chi connectivity index (χ3v) is 0.889. The van der Waals surface area contributed by atoms with Crippen LogP contribution in [-0.2, 0) is 9.32 Å². The molecular formula is C4H13NO3P2. The van der Waals surface area contributed by atoms with E-state index in [9.17, 15) is 4.79 Å². The van der Waals surface area contributed by atoms with Crippen LogP contribution in [-0.4, -0.2) is 17.7 Å². The molecule has 0 aliphatic carbocycles. The van der Waals surface area contributed by atoms with Crippen molar-refractivity contribution in [1.29, 1.82) is 0 Å². The Bertz CT molecular complexity index is 80.9. The van der Waals surface area contributed by atoms with Gasteiger partial charge in [-0.3, -0.25) is 4.79 Å². The number of hydrogen-bond donors (Lipinski definition) is 2. The van der Waals surface area contributed by atoms with Gasteiger partial charge < -0.3 is 15.1 Å². The Morgan fingerprint density at radius 1 is 1.60 bits per heavy atom. The van der Waals surface area contributed by atoms with E-state index in [1.165, 1.54) is 0 Å². The first-order chi connectivity index (χ1) is 4.77. The van der Waals surface area contributed by atoms with Gasteiger partial charge in [0.25, 0.3) is 0 Å². The van der Waals surface area contributed by atoms with E-state index < -0.39 is 5.97 Å². The predicted octanol–water partition coefficient (Wildman–Crippen LogP) is 0.393. The van der Waals surface area contributed by atoms with Crippen LogP contribution in [0.15, 0.2) is 0 Å². The second kappa shape index (κ2) is 12.0. The van der Waals surface area contributed by atoms with Gasteiger partial charge in [0, 0.05) is 15.9 Å². The highest BCUT2D eigenvalue weighted by Gasteiger charge is 1.93. The number of nitrogens with two attached hydrogens (primary N) is 1. The van der Waals surface area contributed by atoms with Gasteiger partial charge in [0.2, 0.25) is 0 Å². The summed E-state index contributed by atoms with van der Waals surface area (Å²) in [5, 5.41) is 8.08. The lowest BCUT2D eigenvalue weighted by atomic mass is 10.3. The highest BCUT2D eigenvalue weighted by molar-refractivity contribution is 7.13. The Labute approximate surface area is 65.1 Å². The van der Waals surface area contributed by atoms with E-state index >= 15 is 0 Å². The Morgan fingerprint density at radius 2 is 2.10 bits per heavy atom. The average molecular weight is 185 g/mol. The van der Waals surface area contributed by atoms with Crippen molar-refractivity contribution in [3.05, 3.63) is 0 Å². The molecule has 0 amide bonds. The first kappa shape index (κ1) is 12.9. The van der Waals surface area contributed by atoms with Gasteiger partial charge in [-0.1, -0.05) is 9.39 Å². The van der Waals surface area contributed by atoms with Crippen LogP contribution in [0.2, 0.25) is 0 Å². The molecule has 0 saturated heterocycles. The summed E-state index contributed by atoms with van der Waals surface area (Å²) in [5.41, 5.74) is 4.42. The summed E-state index contributed by atoms with van der Waals surface area (Å²) in [6.45, 7) is 0.497. The summed E-state index contributed by atoms with van der Waals surface area (Å²) in [5.74, 6) is -0.771. The zero-order valence-electron chi connectivity index (χ0n) is 5.62. The standard InChI is InChI=1S/C4H9O3P.H4NP/c5-4(6)2-1-3-7-8;1-2/h1-3,8H2,(H,5,6);1-2H2. The van der Waals surface area contributed by atoms with Gasteiger partial charge in [0.1, 0.15) is 0 Å². The molecule has 6 heteroatoms. The Hall–Kier alpha value is 0.250. The molecule has 3 N–H and O–H groups in total. The summed E-state index contributed by atoms with van der Waals surface area (Å²) in [7, 11) is 3.98. The van der Waals surface area contributed by atoms with Crippen LogP contribution < -0.4 is 5.50 Å². The minimum atomic E-state index is -0.771. The molecule has 10 heavy (non-hydrogen) atoms. The van der Waals surface area contributed by atoms with Crippen LogP contribution in [0.25, 0.3) is 0 Å². The van der Waals surface area contributed by atoms with Gasteiger partial charge in [-0.2, -0.15) is 0 Å². The first-order valence-corrected chi connectivity index (χ1v) is 3.78. The van der Waals surface area contributed by atoms with Gasteiger partial charge in [0.05, 0.1) is 6.61 Å². The highest BCUT2D eigenvalue weighted by atomic mass is 31.0. The predicted molar refractivity (Wildman–Crippen MR) is 46.4 cm³/mol. The highest BCUT2D eigenvalue weighted by Crippen LogP contribution is 1.92. The maximum absolute atomic E-state index is 9.81. The number of carboxylic acid groups (broad SMARTS) is 1. The van der Waals surface area contributed by atoms with Crippen molar-refractivity contribution in [2.24, 2.45) is 5.50 Å². The number of carboxylic acids is 1. The van der Waals surface area contributed by atoms with E-state index in [4.69, 9.17) is 5.11 Å². The Morgan fingerprint density at radius 3 is 2.40 bits per heavy atom. The van der Waals surface area contributed by atoms with Crippen molar-refractivity contribution >= 4 is 24.8 Å². The van der Waals surface area contributed by atoms with E-state index in [-0.39, 0.29) is 6.42 Å². The van der Waals surface area contributed by atoms with E-state index in [1.54, 1.807) is 0 Å². The van der Waals surface area contributed by atoms with Crippen LogP contribution in [0, 0.1) is 0 Å².